The van der Waals surface area contributed by atoms with Gasteiger partial charge in [0, 0.05) is 18.5 Å². The number of nitrogens with zero attached hydrogens (tertiary/aromatic N) is 5. The van der Waals surface area contributed by atoms with E-state index in [4.69, 9.17) is 15.0 Å². The minimum atomic E-state index is -0.556. The quantitative estimate of drug-likeness (QED) is 0.461. The van der Waals surface area contributed by atoms with Gasteiger partial charge >= 0.3 is 5.69 Å². The van der Waals surface area contributed by atoms with Gasteiger partial charge < -0.3 is 15.0 Å². The Hall–Kier alpha value is -3.76. The highest BCUT2D eigenvalue weighted by Crippen LogP contribution is 2.20. The van der Waals surface area contributed by atoms with Gasteiger partial charge in [-0.05, 0) is 24.3 Å². The third-order valence-corrected chi connectivity index (χ3v) is 3.35. The summed E-state index contributed by atoms with van der Waals surface area (Å²) in [6.07, 6.45) is 2.90. The summed E-state index contributed by atoms with van der Waals surface area (Å²) in [5, 5.41) is 18.4. The van der Waals surface area contributed by atoms with Gasteiger partial charge in [0.25, 0.3) is 5.91 Å². The van der Waals surface area contributed by atoms with Crippen LogP contribution in [0.4, 0.5) is 5.69 Å². The van der Waals surface area contributed by atoms with Gasteiger partial charge in [0.15, 0.2) is 6.61 Å². The van der Waals surface area contributed by atoms with E-state index in [-0.39, 0.29) is 12.3 Å². The standard InChI is InChI=1S/C15H14N6O5/c16-13(22)9-25-12-3-1-10(2-4-12)15-18-14(26-19-15)5-6-20-8-11(7-17-20)21(23)24/h1-4,7-8H,5-6,9H2,(H2,16,22). The molecule has 11 heteroatoms. The summed E-state index contributed by atoms with van der Waals surface area (Å²) in [4.78, 5) is 25.1. The molecule has 134 valence electrons. The van der Waals surface area contributed by atoms with E-state index >= 15 is 0 Å². The van der Waals surface area contributed by atoms with Crippen LogP contribution in [0, 0.1) is 10.1 Å². The number of ether oxygens (including phenoxy) is 1. The van der Waals surface area contributed by atoms with Crippen molar-refractivity contribution in [1.29, 1.82) is 0 Å². The number of aryl methyl sites for hydroxylation is 2. The molecule has 0 saturated heterocycles. The lowest BCUT2D eigenvalue weighted by Crippen LogP contribution is -2.19. The van der Waals surface area contributed by atoms with Crippen molar-refractivity contribution in [3.63, 3.8) is 0 Å². The maximum absolute atomic E-state index is 10.7. The first-order valence-corrected chi connectivity index (χ1v) is 7.52. The van der Waals surface area contributed by atoms with Gasteiger partial charge in [-0.15, -0.1) is 0 Å². The monoisotopic (exact) mass is 358 g/mol. The van der Waals surface area contributed by atoms with E-state index in [0.29, 0.717) is 36.0 Å². The lowest BCUT2D eigenvalue weighted by molar-refractivity contribution is -0.385. The smallest absolute Gasteiger partial charge is 0.306 e. The Bertz CT molecular complexity index is 917. The average molecular weight is 358 g/mol. The number of aromatic nitrogens is 4. The van der Waals surface area contributed by atoms with Crippen LogP contribution >= 0.6 is 0 Å². The van der Waals surface area contributed by atoms with E-state index in [1.165, 1.54) is 17.1 Å². The van der Waals surface area contributed by atoms with Gasteiger partial charge in [-0.1, -0.05) is 5.16 Å². The average Bonchev–Trinajstić information content (AvgIpc) is 3.28. The summed E-state index contributed by atoms with van der Waals surface area (Å²) in [6, 6.07) is 6.78. The normalized spacial score (nSPS) is 10.6. The van der Waals surface area contributed by atoms with Crippen LogP contribution in [0.1, 0.15) is 5.89 Å². The third kappa shape index (κ3) is 4.20. The van der Waals surface area contributed by atoms with Crippen molar-refractivity contribution >= 4 is 11.6 Å². The topological polar surface area (TPSA) is 152 Å². The molecule has 2 aromatic heterocycles. The number of primary amides is 1. The van der Waals surface area contributed by atoms with Crippen molar-refractivity contribution in [1.82, 2.24) is 19.9 Å². The van der Waals surface area contributed by atoms with Gasteiger partial charge in [0.1, 0.15) is 18.1 Å². The number of amides is 1. The third-order valence-electron chi connectivity index (χ3n) is 3.35. The van der Waals surface area contributed by atoms with Crippen molar-refractivity contribution in [2.45, 2.75) is 13.0 Å². The number of benzene rings is 1. The molecule has 2 heterocycles. The van der Waals surface area contributed by atoms with Crippen LogP contribution in [0.3, 0.4) is 0 Å². The Labute approximate surface area is 146 Å². The number of hydrogen-bond donors (Lipinski definition) is 1. The fourth-order valence-corrected chi connectivity index (χ4v) is 2.11. The first kappa shape index (κ1) is 17.1. The summed E-state index contributed by atoms with van der Waals surface area (Å²) in [7, 11) is 0. The molecule has 0 spiro atoms. The summed E-state index contributed by atoms with van der Waals surface area (Å²) in [6.45, 7) is 0.173. The van der Waals surface area contributed by atoms with E-state index in [2.05, 4.69) is 15.2 Å². The molecule has 0 aliphatic rings. The van der Waals surface area contributed by atoms with Gasteiger partial charge in [0.2, 0.25) is 11.7 Å². The first-order chi connectivity index (χ1) is 12.5. The molecular formula is C15H14N6O5. The fraction of sp³-hybridized carbons (Fsp3) is 0.200. The first-order valence-electron chi connectivity index (χ1n) is 7.52. The molecule has 0 fully saturated rings. The van der Waals surface area contributed by atoms with Gasteiger partial charge in [-0.25, -0.2) is 0 Å². The number of nitro groups is 1. The molecule has 0 unspecified atom stereocenters. The predicted octanol–water partition coefficient (Wildman–Crippen LogP) is 0.948. The zero-order valence-corrected chi connectivity index (χ0v) is 13.4. The Kier molecular flexibility index (Phi) is 4.87. The highest BCUT2D eigenvalue weighted by Gasteiger charge is 2.12. The number of nitrogens with two attached hydrogens (primary N) is 1. The minimum absolute atomic E-state index is 0.0742. The van der Waals surface area contributed by atoms with E-state index < -0.39 is 10.8 Å². The number of hydrogen-bond acceptors (Lipinski definition) is 8. The summed E-state index contributed by atoms with van der Waals surface area (Å²) < 4.78 is 11.8. The molecule has 26 heavy (non-hydrogen) atoms. The molecule has 3 aromatic rings. The molecule has 0 aliphatic heterocycles. The zero-order valence-electron chi connectivity index (χ0n) is 13.4. The molecule has 3 rings (SSSR count). The van der Waals surface area contributed by atoms with Crippen LogP contribution in [0.15, 0.2) is 41.2 Å². The predicted molar refractivity (Wildman–Crippen MR) is 87.0 cm³/mol. The molecule has 2 N–H and O–H groups in total. The summed E-state index contributed by atoms with van der Waals surface area (Å²) in [5.41, 5.74) is 5.65. The molecule has 0 atom stereocenters. The lowest BCUT2D eigenvalue weighted by Gasteiger charge is -2.03. The van der Waals surface area contributed by atoms with Crippen LogP contribution in [-0.2, 0) is 17.8 Å². The Morgan fingerprint density at radius 3 is 2.77 bits per heavy atom. The van der Waals surface area contributed by atoms with Crippen LogP contribution in [0.25, 0.3) is 11.4 Å². The number of rotatable bonds is 8. The van der Waals surface area contributed by atoms with Crippen molar-refractivity contribution < 1.29 is 19.0 Å². The second-order valence-corrected chi connectivity index (χ2v) is 5.26. The van der Waals surface area contributed by atoms with E-state index in [1.807, 2.05) is 0 Å². The minimum Gasteiger partial charge on any atom is -0.484 e. The van der Waals surface area contributed by atoms with E-state index in [9.17, 15) is 14.9 Å². The van der Waals surface area contributed by atoms with Crippen LogP contribution < -0.4 is 10.5 Å². The van der Waals surface area contributed by atoms with Crippen molar-refractivity contribution in [2.75, 3.05) is 6.61 Å². The van der Waals surface area contributed by atoms with Crippen LogP contribution in [-0.4, -0.2) is 37.4 Å². The molecule has 0 bridgehead atoms. The second kappa shape index (κ2) is 7.42. The van der Waals surface area contributed by atoms with Gasteiger partial charge in [-0.2, -0.15) is 10.1 Å². The van der Waals surface area contributed by atoms with E-state index in [1.54, 1.807) is 24.3 Å². The molecule has 11 nitrogen and oxygen atoms in total. The Morgan fingerprint density at radius 1 is 1.35 bits per heavy atom. The molecule has 0 saturated carbocycles. The van der Waals surface area contributed by atoms with Crippen LogP contribution in [0.5, 0.6) is 5.75 Å². The van der Waals surface area contributed by atoms with Crippen molar-refractivity contribution in [3.05, 3.63) is 52.7 Å². The molecule has 0 aliphatic carbocycles. The Balaban J connectivity index is 1.60. The molecule has 0 radical (unpaired) electrons. The number of carbonyl (C=O) groups is 1. The lowest BCUT2D eigenvalue weighted by atomic mass is 10.2. The maximum Gasteiger partial charge on any atom is 0.306 e. The maximum atomic E-state index is 10.7. The molecule has 1 amide bonds. The fourth-order valence-electron chi connectivity index (χ4n) is 2.11. The van der Waals surface area contributed by atoms with Gasteiger partial charge in [0.05, 0.1) is 4.92 Å². The highest BCUT2D eigenvalue weighted by molar-refractivity contribution is 5.75. The summed E-state index contributed by atoms with van der Waals surface area (Å²) in [5.74, 6) is 0.719. The summed E-state index contributed by atoms with van der Waals surface area (Å²) >= 11 is 0. The largest absolute Gasteiger partial charge is 0.484 e. The highest BCUT2D eigenvalue weighted by atomic mass is 16.6. The van der Waals surface area contributed by atoms with Crippen molar-refractivity contribution in [3.8, 4) is 17.1 Å². The Morgan fingerprint density at radius 2 is 2.12 bits per heavy atom. The van der Waals surface area contributed by atoms with E-state index in [0.717, 1.165) is 0 Å². The molecule has 1 aromatic carbocycles. The van der Waals surface area contributed by atoms with Crippen molar-refractivity contribution in [2.24, 2.45) is 5.73 Å². The molecular weight excluding hydrogens is 344 g/mol. The van der Waals surface area contributed by atoms with Crippen LogP contribution in [0.2, 0.25) is 0 Å². The second-order valence-electron chi connectivity index (χ2n) is 5.26. The number of carbonyl (C=O) groups excluding carboxylic acids is 1. The van der Waals surface area contributed by atoms with Gasteiger partial charge in [-0.3, -0.25) is 19.6 Å². The zero-order chi connectivity index (χ0) is 18.5. The SMILES string of the molecule is NC(=O)COc1ccc(-c2noc(CCn3cc([N+](=O)[O-])cn3)n2)cc1.